The molecule has 18 heavy (non-hydrogen) atoms. The van der Waals surface area contributed by atoms with Crippen LogP contribution >= 0.6 is 15.9 Å². The molecular weight excluding hydrogens is 292 g/mol. The molecule has 0 saturated heterocycles. The second-order valence-electron chi connectivity index (χ2n) is 5.06. The van der Waals surface area contributed by atoms with Crippen molar-refractivity contribution in [1.82, 2.24) is 10.3 Å². The number of rotatable bonds is 6. The molecule has 1 unspecified atom stereocenters. The van der Waals surface area contributed by atoms with Crippen LogP contribution in [0.3, 0.4) is 0 Å². The van der Waals surface area contributed by atoms with Crippen LogP contribution in [0.5, 0.6) is 0 Å². The summed E-state index contributed by atoms with van der Waals surface area (Å²) in [5, 5.41) is 2.97. The third-order valence-corrected chi connectivity index (χ3v) is 3.23. The van der Waals surface area contributed by atoms with Crippen molar-refractivity contribution in [2.45, 2.75) is 46.1 Å². The molecule has 1 N–H and O–H groups in total. The molecule has 0 bridgehead atoms. The molecular formula is C14H21BrN2O. The van der Waals surface area contributed by atoms with E-state index < -0.39 is 0 Å². The Labute approximate surface area is 118 Å². The molecule has 1 aromatic heterocycles. The van der Waals surface area contributed by atoms with Crippen LogP contribution < -0.4 is 5.32 Å². The molecule has 1 atom stereocenters. The summed E-state index contributed by atoms with van der Waals surface area (Å²) >= 11 is 3.30. The van der Waals surface area contributed by atoms with E-state index in [0.29, 0.717) is 5.69 Å². The van der Waals surface area contributed by atoms with Gasteiger partial charge in [-0.25, -0.2) is 4.98 Å². The molecule has 100 valence electrons. The fraction of sp³-hybridized carbons (Fsp3) is 0.571. The van der Waals surface area contributed by atoms with Crippen molar-refractivity contribution < 1.29 is 4.79 Å². The van der Waals surface area contributed by atoms with Gasteiger partial charge in [-0.05, 0) is 47.3 Å². The van der Waals surface area contributed by atoms with Gasteiger partial charge in [0.15, 0.2) is 0 Å². The Kier molecular flexibility index (Phi) is 6.33. The summed E-state index contributed by atoms with van der Waals surface area (Å²) in [7, 11) is 0. The highest BCUT2D eigenvalue weighted by molar-refractivity contribution is 9.10. The molecule has 1 aromatic rings. The molecule has 1 amide bonds. The zero-order valence-electron chi connectivity index (χ0n) is 11.2. The number of nitrogens with one attached hydrogen (secondary N) is 1. The van der Waals surface area contributed by atoms with E-state index in [1.165, 1.54) is 6.42 Å². The van der Waals surface area contributed by atoms with E-state index in [1.807, 2.05) is 13.0 Å². The van der Waals surface area contributed by atoms with Crippen LogP contribution in [0.15, 0.2) is 22.8 Å². The van der Waals surface area contributed by atoms with E-state index in [1.54, 1.807) is 12.3 Å². The molecule has 3 nitrogen and oxygen atoms in total. The van der Waals surface area contributed by atoms with E-state index in [2.05, 4.69) is 40.1 Å². The van der Waals surface area contributed by atoms with Gasteiger partial charge in [-0.3, -0.25) is 4.79 Å². The van der Waals surface area contributed by atoms with Gasteiger partial charge in [-0.1, -0.05) is 26.7 Å². The highest BCUT2D eigenvalue weighted by Gasteiger charge is 2.10. The van der Waals surface area contributed by atoms with Crippen LogP contribution in [0.2, 0.25) is 0 Å². The number of nitrogens with zero attached hydrogens (tertiary/aromatic N) is 1. The Morgan fingerprint density at radius 3 is 2.61 bits per heavy atom. The van der Waals surface area contributed by atoms with Crippen LogP contribution in [-0.4, -0.2) is 16.9 Å². The van der Waals surface area contributed by atoms with Gasteiger partial charge in [0.1, 0.15) is 5.69 Å². The molecule has 1 heterocycles. The topological polar surface area (TPSA) is 42.0 Å². The largest absolute Gasteiger partial charge is 0.348 e. The number of carbonyl (C=O) groups is 1. The monoisotopic (exact) mass is 312 g/mol. The average molecular weight is 313 g/mol. The first-order valence-corrected chi connectivity index (χ1v) is 7.20. The lowest BCUT2D eigenvalue weighted by Crippen LogP contribution is -2.33. The quantitative estimate of drug-likeness (QED) is 0.868. The maximum Gasteiger partial charge on any atom is 0.270 e. The van der Waals surface area contributed by atoms with Crippen molar-refractivity contribution in [1.29, 1.82) is 0 Å². The van der Waals surface area contributed by atoms with Gasteiger partial charge >= 0.3 is 0 Å². The average Bonchev–Trinajstić information content (AvgIpc) is 2.29. The number of aromatic nitrogens is 1. The lowest BCUT2D eigenvalue weighted by molar-refractivity contribution is 0.0932. The number of carbonyl (C=O) groups excluding carboxylic acids is 1. The number of amides is 1. The van der Waals surface area contributed by atoms with E-state index in [4.69, 9.17) is 0 Å². The minimum Gasteiger partial charge on any atom is -0.348 e. The minimum atomic E-state index is -0.0976. The van der Waals surface area contributed by atoms with E-state index in [-0.39, 0.29) is 11.9 Å². The molecule has 1 rings (SSSR count). The van der Waals surface area contributed by atoms with Gasteiger partial charge in [-0.15, -0.1) is 0 Å². The summed E-state index contributed by atoms with van der Waals surface area (Å²) in [6.07, 6.45) is 5.00. The van der Waals surface area contributed by atoms with E-state index in [9.17, 15) is 4.79 Å². The van der Waals surface area contributed by atoms with Crippen LogP contribution in [0.1, 0.15) is 50.5 Å². The van der Waals surface area contributed by atoms with Crippen LogP contribution in [0.25, 0.3) is 0 Å². The highest BCUT2D eigenvalue weighted by atomic mass is 79.9. The Bertz CT molecular complexity index is 376. The Hall–Kier alpha value is -0.900. The Morgan fingerprint density at radius 2 is 2.06 bits per heavy atom. The van der Waals surface area contributed by atoms with Crippen molar-refractivity contribution >= 4 is 21.8 Å². The molecule has 0 aliphatic heterocycles. The molecule has 4 heteroatoms. The van der Waals surface area contributed by atoms with Crippen molar-refractivity contribution in [3.05, 3.63) is 28.5 Å². The summed E-state index contributed by atoms with van der Waals surface area (Å²) in [6.45, 7) is 6.47. The van der Waals surface area contributed by atoms with Crippen LogP contribution in [0.4, 0.5) is 0 Å². The summed E-state index contributed by atoms with van der Waals surface area (Å²) in [5.74, 6) is 0.626. The van der Waals surface area contributed by atoms with E-state index in [0.717, 1.165) is 23.2 Å². The zero-order chi connectivity index (χ0) is 13.5. The highest BCUT2D eigenvalue weighted by Crippen LogP contribution is 2.10. The van der Waals surface area contributed by atoms with Gasteiger partial charge in [0.2, 0.25) is 0 Å². The number of hydrogen-bond donors (Lipinski definition) is 1. The predicted octanol–water partition coefficient (Wildman–Crippen LogP) is 3.79. The lowest BCUT2D eigenvalue weighted by atomic mass is 10.0. The summed E-state index contributed by atoms with van der Waals surface area (Å²) < 4.78 is 0.879. The normalized spacial score (nSPS) is 12.5. The first-order valence-electron chi connectivity index (χ1n) is 6.41. The lowest BCUT2D eigenvalue weighted by Gasteiger charge is -2.14. The number of hydrogen-bond acceptors (Lipinski definition) is 2. The van der Waals surface area contributed by atoms with Gasteiger partial charge in [-0.2, -0.15) is 0 Å². The molecule has 0 aliphatic rings. The minimum absolute atomic E-state index is 0.0976. The first-order chi connectivity index (χ1) is 8.49. The first kappa shape index (κ1) is 15.2. The van der Waals surface area contributed by atoms with Crippen molar-refractivity contribution in [3.8, 4) is 0 Å². The van der Waals surface area contributed by atoms with Crippen LogP contribution in [0, 0.1) is 5.92 Å². The molecule has 0 aromatic carbocycles. The maximum atomic E-state index is 11.9. The number of pyridine rings is 1. The maximum absolute atomic E-state index is 11.9. The van der Waals surface area contributed by atoms with Crippen LogP contribution in [-0.2, 0) is 0 Å². The third-order valence-electron chi connectivity index (χ3n) is 2.76. The zero-order valence-corrected chi connectivity index (χ0v) is 12.8. The molecule has 0 fully saturated rings. The van der Waals surface area contributed by atoms with Crippen molar-refractivity contribution in [3.63, 3.8) is 0 Å². The Balaban J connectivity index is 2.37. The molecule has 0 radical (unpaired) electrons. The predicted molar refractivity (Wildman–Crippen MR) is 77.6 cm³/mol. The molecule has 0 saturated carbocycles. The Morgan fingerprint density at radius 1 is 1.33 bits per heavy atom. The molecule has 0 aliphatic carbocycles. The van der Waals surface area contributed by atoms with Gasteiger partial charge in [0, 0.05) is 16.7 Å². The summed E-state index contributed by atoms with van der Waals surface area (Å²) in [5.41, 5.74) is 0.467. The van der Waals surface area contributed by atoms with Crippen molar-refractivity contribution in [2.75, 3.05) is 0 Å². The SMILES string of the molecule is CC(C)CCCC(C)NC(=O)c1ccc(Br)cn1. The smallest absolute Gasteiger partial charge is 0.270 e. The summed E-state index contributed by atoms with van der Waals surface area (Å²) in [6, 6.07) is 3.74. The fourth-order valence-electron chi connectivity index (χ4n) is 1.71. The third kappa shape index (κ3) is 5.63. The standard InChI is InChI=1S/C14H21BrN2O/c1-10(2)5-4-6-11(3)17-14(18)13-8-7-12(15)9-16-13/h7-11H,4-6H2,1-3H3,(H,17,18). The second kappa shape index (κ2) is 7.52. The van der Waals surface area contributed by atoms with E-state index >= 15 is 0 Å². The summed E-state index contributed by atoms with van der Waals surface area (Å²) in [4.78, 5) is 16.0. The molecule has 0 spiro atoms. The van der Waals surface area contributed by atoms with Gasteiger partial charge in [0.05, 0.1) is 0 Å². The van der Waals surface area contributed by atoms with Gasteiger partial charge in [0.25, 0.3) is 5.91 Å². The number of halogens is 1. The second-order valence-corrected chi connectivity index (χ2v) is 5.98. The van der Waals surface area contributed by atoms with Crippen molar-refractivity contribution in [2.24, 2.45) is 5.92 Å². The fourth-order valence-corrected chi connectivity index (χ4v) is 1.95. The van der Waals surface area contributed by atoms with Gasteiger partial charge < -0.3 is 5.32 Å².